The molecule has 2 aromatic rings. The van der Waals surface area contributed by atoms with E-state index in [0.29, 0.717) is 11.2 Å². The van der Waals surface area contributed by atoms with Crippen LogP contribution in [0.15, 0.2) is 6.33 Å². The van der Waals surface area contributed by atoms with Crippen LogP contribution in [-0.2, 0) is 4.74 Å². The minimum atomic E-state index is -1.13. The van der Waals surface area contributed by atoms with E-state index in [2.05, 4.69) is 15.0 Å². The SMILES string of the molecule is CCC1OC(n2cnc3c(N)nc(Cl)nc32)C(F)C1C. The zero-order valence-corrected chi connectivity index (χ0v) is 11.9. The van der Waals surface area contributed by atoms with E-state index >= 15 is 0 Å². The number of nitrogen functional groups attached to an aromatic ring is 1. The fourth-order valence-electron chi connectivity index (χ4n) is 2.63. The Balaban J connectivity index is 2.07. The second-order valence-electron chi connectivity index (χ2n) is 4.98. The lowest BCUT2D eigenvalue weighted by Gasteiger charge is -2.15. The maximum atomic E-state index is 14.4. The van der Waals surface area contributed by atoms with Crippen LogP contribution < -0.4 is 5.73 Å². The predicted octanol–water partition coefficient (Wildman–Crippen LogP) is 2.34. The quantitative estimate of drug-likeness (QED) is 0.861. The average molecular weight is 300 g/mol. The topological polar surface area (TPSA) is 78.9 Å². The van der Waals surface area contributed by atoms with E-state index in [1.807, 2.05) is 13.8 Å². The number of rotatable bonds is 2. The van der Waals surface area contributed by atoms with Crippen LogP contribution in [0.2, 0.25) is 5.28 Å². The number of alkyl halides is 1. The second-order valence-corrected chi connectivity index (χ2v) is 5.32. The van der Waals surface area contributed by atoms with E-state index < -0.39 is 12.4 Å². The number of imidazole rings is 1. The second kappa shape index (κ2) is 4.82. The van der Waals surface area contributed by atoms with Gasteiger partial charge in [0.2, 0.25) is 5.28 Å². The van der Waals surface area contributed by atoms with Crippen molar-refractivity contribution >= 4 is 28.6 Å². The molecule has 8 heteroatoms. The number of nitrogens with two attached hydrogens (primary N) is 1. The number of hydrogen-bond acceptors (Lipinski definition) is 5. The lowest BCUT2D eigenvalue weighted by atomic mass is 10.00. The molecule has 1 fully saturated rings. The summed E-state index contributed by atoms with van der Waals surface area (Å²) < 4.78 is 21.7. The largest absolute Gasteiger partial charge is 0.382 e. The van der Waals surface area contributed by atoms with Gasteiger partial charge in [-0.3, -0.25) is 4.57 Å². The third-order valence-electron chi connectivity index (χ3n) is 3.77. The number of aromatic nitrogens is 4. The molecule has 0 amide bonds. The van der Waals surface area contributed by atoms with E-state index in [-0.39, 0.29) is 23.1 Å². The maximum absolute atomic E-state index is 14.4. The summed E-state index contributed by atoms with van der Waals surface area (Å²) in [7, 11) is 0. The highest BCUT2D eigenvalue weighted by Gasteiger charge is 2.43. The lowest BCUT2D eigenvalue weighted by Crippen LogP contribution is -2.20. The third kappa shape index (κ3) is 1.92. The van der Waals surface area contributed by atoms with Gasteiger partial charge in [-0.25, -0.2) is 9.37 Å². The summed E-state index contributed by atoms with van der Waals surface area (Å²) in [4.78, 5) is 12.0. The van der Waals surface area contributed by atoms with Crippen LogP contribution >= 0.6 is 11.6 Å². The van der Waals surface area contributed by atoms with Crippen LogP contribution in [0.25, 0.3) is 11.2 Å². The minimum Gasteiger partial charge on any atom is -0.382 e. The van der Waals surface area contributed by atoms with Gasteiger partial charge in [0.15, 0.2) is 23.9 Å². The van der Waals surface area contributed by atoms with Crippen molar-refractivity contribution in [3.05, 3.63) is 11.6 Å². The van der Waals surface area contributed by atoms with Crippen molar-refractivity contribution in [2.75, 3.05) is 5.73 Å². The highest BCUT2D eigenvalue weighted by Crippen LogP contribution is 2.38. The van der Waals surface area contributed by atoms with Gasteiger partial charge in [-0.2, -0.15) is 9.97 Å². The molecule has 1 aliphatic rings. The molecule has 0 spiro atoms. The fraction of sp³-hybridized carbons (Fsp3) is 0.583. The zero-order valence-electron chi connectivity index (χ0n) is 11.1. The number of hydrogen-bond donors (Lipinski definition) is 1. The summed E-state index contributed by atoms with van der Waals surface area (Å²) in [6, 6.07) is 0. The Hall–Kier alpha value is -1.47. The average Bonchev–Trinajstić information content (AvgIpc) is 2.93. The number of nitrogens with zero attached hydrogens (tertiary/aromatic N) is 4. The van der Waals surface area contributed by atoms with Crippen molar-refractivity contribution in [3.63, 3.8) is 0 Å². The molecule has 0 radical (unpaired) electrons. The van der Waals surface area contributed by atoms with Crippen LogP contribution in [0, 0.1) is 5.92 Å². The molecule has 2 aromatic heterocycles. The van der Waals surface area contributed by atoms with E-state index in [4.69, 9.17) is 22.1 Å². The molecule has 0 saturated carbocycles. The van der Waals surface area contributed by atoms with Gasteiger partial charge in [0.25, 0.3) is 0 Å². The zero-order chi connectivity index (χ0) is 14.4. The first kappa shape index (κ1) is 13.5. The molecule has 1 aliphatic heterocycles. The van der Waals surface area contributed by atoms with Gasteiger partial charge in [-0.05, 0) is 18.0 Å². The Bertz CT molecular complexity index is 648. The van der Waals surface area contributed by atoms with Gasteiger partial charge in [0.1, 0.15) is 5.52 Å². The van der Waals surface area contributed by atoms with E-state index in [0.717, 1.165) is 6.42 Å². The molecule has 0 aliphatic carbocycles. The Kier molecular flexibility index (Phi) is 3.25. The van der Waals surface area contributed by atoms with Gasteiger partial charge in [-0.1, -0.05) is 13.8 Å². The van der Waals surface area contributed by atoms with Crippen molar-refractivity contribution < 1.29 is 9.13 Å². The van der Waals surface area contributed by atoms with Crippen LogP contribution in [0.5, 0.6) is 0 Å². The van der Waals surface area contributed by atoms with Gasteiger partial charge in [-0.15, -0.1) is 0 Å². The number of anilines is 1. The summed E-state index contributed by atoms with van der Waals surface area (Å²) in [6.45, 7) is 3.81. The van der Waals surface area contributed by atoms with Gasteiger partial charge in [0, 0.05) is 5.92 Å². The Morgan fingerprint density at radius 2 is 2.25 bits per heavy atom. The summed E-state index contributed by atoms with van der Waals surface area (Å²) in [6.07, 6.45) is 0.205. The standard InChI is InChI=1S/C12H15ClFN5O/c1-3-6-5(2)7(14)11(20-6)19-4-16-8-9(15)17-12(13)18-10(8)19/h4-7,11H,3H2,1-2H3,(H2,15,17,18). The van der Waals surface area contributed by atoms with Gasteiger partial charge in [0.05, 0.1) is 12.4 Å². The van der Waals surface area contributed by atoms with Crippen LogP contribution in [0.1, 0.15) is 26.5 Å². The molecule has 2 N–H and O–H groups in total. The molecular formula is C12H15ClFN5O. The van der Waals surface area contributed by atoms with Crippen molar-refractivity contribution in [2.45, 2.75) is 38.8 Å². The lowest BCUT2D eigenvalue weighted by molar-refractivity contribution is -0.0186. The van der Waals surface area contributed by atoms with Crippen LogP contribution in [-0.4, -0.2) is 31.8 Å². The molecule has 20 heavy (non-hydrogen) atoms. The van der Waals surface area contributed by atoms with Crippen molar-refractivity contribution in [1.29, 1.82) is 0 Å². The Morgan fingerprint density at radius 3 is 2.90 bits per heavy atom. The monoisotopic (exact) mass is 299 g/mol. The fourth-order valence-corrected chi connectivity index (χ4v) is 2.80. The summed E-state index contributed by atoms with van der Waals surface area (Å²) in [5.41, 5.74) is 6.53. The van der Waals surface area contributed by atoms with Crippen LogP contribution in [0.3, 0.4) is 0 Å². The van der Waals surface area contributed by atoms with E-state index in [1.165, 1.54) is 10.9 Å². The Labute approximate surface area is 120 Å². The van der Waals surface area contributed by atoms with Crippen molar-refractivity contribution in [3.8, 4) is 0 Å². The first-order valence-electron chi connectivity index (χ1n) is 6.48. The molecule has 4 unspecified atom stereocenters. The maximum Gasteiger partial charge on any atom is 0.226 e. The molecule has 6 nitrogen and oxygen atoms in total. The van der Waals surface area contributed by atoms with Crippen LogP contribution in [0.4, 0.5) is 10.2 Å². The number of ether oxygens (including phenoxy) is 1. The number of halogens is 2. The normalized spacial score (nSPS) is 30.2. The molecule has 3 heterocycles. The van der Waals surface area contributed by atoms with E-state index in [1.54, 1.807) is 0 Å². The van der Waals surface area contributed by atoms with Gasteiger partial charge < -0.3 is 10.5 Å². The first-order chi connectivity index (χ1) is 9.52. The van der Waals surface area contributed by atoms with Crippen molar-refractivity contribution in [1.82, 2.24) is 19.5 Å². The predicted molar refractivity (Wildman–Crippen MR) is 73.0 cm³/mol. The molecule has 108 valence electrons. The molecule has 0 bridgehead atoms. The molecule has 1 saturated heterocycles. The summed E-state index contributed by atoms with van der Waals surface area (Å²) in [5.74, 6) is -0.00986. The summed E-state index contributed by atoms with van der Waals surface area (Å²) >= 11 is 5.80. The smallest absolute Gasteiger partial charge is 0.226 e. The highest BCUT2D eigenvalue weighted by molar-refractivity contribution is 6.28. The highest BCUT2D eigenvalue weighted by atomic mass is 35.5. The number of fused-ring (bicyclic) bond motifs is 1. The third-order valence-corrected chi connectivity index (χ3v) is 3.94. The summed E-state index contributed by atoms with van der Waals surface area (Å²) in [5, 5.41) is 0.00486. The Morgan fingerprint density at radius 1 is 1.50 bits per heavy atom. The molecular weight excluding hydrogens is 285 g/mol. The molecule has 3 rings (SSSR count). The van der Waals surface area contributed by atoms with E-state index in [9.17, 15) is 4.39 Å². The first-order valence-corrected chi connectivity index (χ1v) is 6.85. The molecule has 4 atom stereocenters. The van der Waals surface area contributed by atoms with Gasteiger partial charge >= 0.3 is 0 Å². The minimum absolute atomic E-state index is 0.00486. The van der Waals surface area contributed by atoms with Crippen molar-refractivity contribution in [2.24, 2.45) is 5.92 Å². The molecule has 0 aromatic carbocycles.